The second-order valence-corrected chi connectivity index (χ2v) is 7.05. The van der Waals surface area contributed by atoms with Gasteiger partial charge in [-0.1, -0.05) is 60.7 Å². The van der Waals surface area contributed by atoms with Crippen LogP contribution in [0.4, 0.5) is 0 Å². The molecular formula is C25H27NO3. The minimum Gasteiger partial charge on any atom is -0.497 e. The molecule has 0 aliphatic heterocycles. The molecule has 0 spiro atoms. The van der Waals surface area contributed by atoms with Crippen molar-refractivity contribution in [2.24, 2.45) is 0 Å². The molecule has 4 nitrogen and oxygen atoms in total. The van der Waals surface area contributed by atoms with Gasteiger partial charge in [-0.2, -0.15) is 0 Å². The lowest BCUT2D eigenvalue weighted by Crippen LogP contribution is -2.32. The van der Waals surface area contributed by atoms with Crippen LogP contribution in [0.1, 0.15) is 22.6 Å². The summed E-state index contributed by atoms with van der Waals surface area (Å²) in [5.74, 6) is 1.53. The van der Waals surface area contributed by atoms with Gasteiger partial charge in [0.2, 0.25) is 5.91 Å². The lowest BCUT2D eigenvalue weighted by atomic mass is 9.91. The molecule has 3 aromatic rings. The molecule has 3 aromatic carbocycles. The van der Waals surface area contributed by atoms with Gasteiger partial charge in [0.1, 0.15) is 11.5 Å². The van der Waals surface area contributed by atoms with Crippen molar-refractivity contribution < 1.29 is 14.3 Å². The Morgan fingerprint density at radius 2 is 1.31 bits per heavy atom. The molecule has 4 heteroatoms. The van der Waals surface area contributed by atoms with Crippen molar-refractivity contribution in [2.75, 3.05) is 27.8 Å². The first-order valence-electron chi connectivity index (χ1n) is 9.66. The predicted octanol–water partition coefficient (Wildman–Crippen LogP) is 4.54. The van der Waals surface area contributed by atoms with Crippen LogP contribution in [0.3, 0.4) is 0 Å². The highest BCUT2D eigenvalue weighted by molar-refractivity contribution is 5.79. The van der Waals surface area contributed by atoms with Crippen LogP contribution < -0.4 is 9.47 Å². The molecule has 0 saturated heterocycles. The van der Waals surface area contributed by atoms with E-state index in [1.807, 2.05) is 55.6 Å². The summed E-state index contributed by atoms with van der Waals surface area (Å²) in [6.45, 7) is 0.605. The average molecular weight is 389 g/mol. The van der Waals surface area contributed by atoms with Gasteiger partial charge in [-0.05, 0) is 28.8 Å². The van der Waals surface area contributed by atoms with E-state index in [4.69, 9.17) is 9.47 Å². The van der Waals surface area contributed by atoms with Gasteiger partial charge >= 0.3 is 0 Å². The monoisotopic (exact) mass is 389 g/mol. The number of likely N-dealkylation sites (N-methyl/N-ethyl adjacent to an activating group) is 1. The Morgan fingerprint density at radius 3 is 1.76 bits per heavy atom. The van der Waals surface area contributed by atoms with Crippen LogP contribution in [0.25, 0.3) is 0 Å². The molecule has 0 atom stereocenters. The number of benzene rings is 3. The lowest BCUT2D eigenvalue weighted by molar-refractivity contribution is -0.129. The molecule has 0 unspecified atom stereocenters. The highest BCUT2D eigenvalue weighted by Gasteiger charge is 2.19. The second-order valence-electron chi connectivity index (χ2n) is 7.05. The van der Waals surface area contributed by atoms with Crippen molar-refractivity contribution in [1.82, 2.24) is 4.90 Å². The van der Waals surface area contributed by atoms with E-state index >= 15 is 0 Å². The van der Waals surface area contributed by atoms with Crippen molar-refractivity contribution in [1.29, 1.82) is 0 Å². The fourth-order valence-electron chi connectivity index (χ4n) is 3.43. The van der Waals surface area contributed by atoms with Crippen LogP contribution in [-0.4, -0.2) is 38.6 Å². The molecule has 0 heterocycles. The summed E-state index contributed by atoms with van der Waals surface area (Å²) in [6, 6.07) is 26.2. The number of hydrogen-bond donors (Lipinski definition) is 0. The van der Waals surface area contributed by atoms with E-state index in [1.54, 1.807) is 25.2 Å². The summed E-state index contributed by atoms with van der Waals surface area (Å²) in [4.78, 5) is 14.8. The Kier molecular flexibility index (Phi) is 6.90. The SMILES string of the molecule is COc1cc(CC(=O)N(C)CC(c2ccccc2)c2ccccc2)cc(OC)c1. The zero-order valence-corrected chi connectivity index (χ0v) is 17.2. The summed E-state index contributed by atoms with van der Waals surface area (Å²) in [7, 11) is 5.08. The van der Waals surface area contributed by atoms with Gasteiger partial charge in [0.25, 0.3) is 0 Å². The van der Waals surface area contributed by atoms with E-state index in [0.29, 0.717) is 24.5 Å². The summed E-state index contributed by atoms with van der Waals surface area (Å²) in [5, 5.41) is 0. The molecule has 0 bridgehead atoms. The number of carbonyl (C=O) groups excluding carboxylic acids is 1. The number of methoxy groups -OCH3 is 2. The summed E-state index contributed by atoms with van der Waals surface area (Å²) in [5.41, 5.74) is 3.26. The molecule has 0 aliphatic carbocycles. The molecule has 0 saturated carbocycles. The normalized spacial score (nSPS) is 10.6. The van der Waals surface area contributed by atoms with Crippen molar-refractivity contribution in [3.05, 3.63) is 95.6 Å². The Labute approximate surface area is 172 Å². The first-order valence-corrected chi connectivity index (χ1v) is 9.66. The zero-order valence-electron chi connectivity index (χ0n) is 17.2. The molecule has 0 aromatic heterocycles. The quantitative estimate of drug-likeness (QED) is 0.568. The van der Waals surface area contributed by atoms with Crippen LogP contribution in [0.2, 0.25) is 0 Å². The second kappa shape index (κ2) is 9.78. The average Bonchev–Trinajstić information content (AvgIpc) is 2.78. The number of amides is 1. The van der Waals surface area contributed by atoms with Gasteiger partial charge in [0, 0.05) is 25.6 Å². The van der Waals surface area contributed by atoms with Crippen LogP contribution >= 0.6 is 0 Å². The van der Waals surface area contributed by atoms with Crippen LogP contribution in [0.15, 0.2) is 78.9 Å². The van der Waals surface area contributed by atoms with Crippen molar-refractivity contribution in [2.45, 2.75) is 12.3 Å². The molecule has 0 N–H and O–H groups in total. The maximum absolute atomic E-state index is 13.0. The number of ether oxygens (including phenoxy) is 2. The van der Waals surface area contributed by atoms with Gasteiger partial charge in [-0.15, -0.1) is 0 Å². The molecule has 29 heavy (non-hydrogen) atoms. The predicted molar refractivity (Wildman–Crippen MR) is 116 cm³/mol. The summed E-state index contributed by atoms with van der Waals surface area (Å²) in [6.07, 6.45) is 0.292. The van der Waals surface area contributed by atoms with E-state index in [9.17, 15) is 4.79 Å². The largest absolute Gasteiger partial charge is 0.497 e. The van der Waals surface area contributed by atoms with Crippen LogP contribution in [-0.2, 0) is 11.2 Å². The highest BCUT2D eigenvalue weighted by atomic mass is 16.5. The van der Waals surface area contributed by atoms with Gasteiger partial charge in [-0.25, -0.2) is 0 Å². The Balaban J connectivity index is 1.78. The van der Waals surface area contributed by atoms with E-state index in [-0.39, 0.29) is 11.8 Å². The minimum absolute atomic E-state index is 0.0529. The first kappa shape index (κ1) is 20.5. The molecule has 0 aliphatic rings. The molecule has 150 valence electrons. The summed E-state index contributed by atoms with van der Waals surface area (Å²) < 4.78 is 10.6. The molecule has 0 fully saturated rings. The fraction of sp³-hybridized carbons (Fsp3) is 0.240. The number of nitrogens with zero attached hydrogens (tertiary/aromatic N) is 1. The standard InChI is InChI=1S/C25H27NO3/c1-26(25(27)16-19-14-22(28-2)17-23(15-19)29-3)18-24(20-10-6-4-7-11-20)21-12-8-5-9-13-21/h4-15,17,24H,16,18H2,1-3H3. The maximum atomic E-state index is 13.0. The van der Waals surface area contributed by atoms with Crippen molar-refractivity contribution >= 4 is 5.91 Å². The number of rotatable bonds is 8. The van der Waals surface area contributed by atoms with Gasteiger partial charge in [0.15, 0.2) is 0 Å². The Bertz CT molecular complexity index is 864. The van der Waals surface area contributed by atoms with Gasteiger partial charge in [-0.3, -0.25) is 4.79 Å². The van der Waals surface area contributed by atoms with E-state index in [1.165, 1.54) is 11.1 Å². The topological polar surface area (TPSA) is 38.8 Å². The van der Waals surface area contributed by atoms with E-state index < -0.39 is 0 Å². The molecule has 0 radical (unpaired) electrons. The third kappa shape index (κ3) is 5.38. The summed E-state index contributed by atoms with van der Waals surface area (Å²) >= 11 is 0. The Hall–Kier alpha value is -3.27. The smallest absolute Gasteiger partial charge is 0.226 e. The van der Waals surface area contributed by atoms with Crippen molar-refractivity contribution in [3.8, 4) is 11.5 Å². The first-order chi connectivity index (χ1) is 14.1. The lowest BCUT2D eigenvalue weighted by Gasteiger charge is -2.25. The number of carbonyl (C=O) groups is 1. The molecule has 3 rings (SSSR count). The maximum Gasteiger partial charge on any atom is 0.226 e. The highest BCUT2D eigenvalue weighted by Crippen LogP contribution is 2.26. The Morgan fingerprint density at radius 1 is 0.828 bits per heavy atom. The zero-order chi connectivity index (χ0) is 20.6. The molecular weight excluding hydrogens is 362 g/mol. The number of hydrogen-bond acceptors (Lipinski definition) is 3. The van der Waals surface area contributed by atoms with Crippen molar-refractivity contribution in [3.63, 3.8) is 0 Å². The third-order valence-electron chi connectivity index (χ3n) is 5.05. The third-order valence-corrected chi connectivity index (χ3v) is 5.05. The fourth-order valence-corrected chi connectivity index (χ4v) is 3.43. The van der Waals surface area contributed by atoms with Gasteiger partial charge < -0.3 is 14.4 Å². The van der Waals surface area contributed by atoms with E-state index in [2.05, 4.69) is 24.3 Å². The van der Waals surface area contributed by atoms with Crippen LogP contribution in [0.5, 0.6) is 11.5 Å². The minimum atomic E-state index is 0.0529. The van der Waals surface area contributed by atoms with Gasteiger partial charge in [0.05, 0.1) is 20.6 Å². The van der Waals surface area contributed by atoms with Crippen LogP contribution in [0, 0.1) is 0 Å². The van der Waals surface area contributed by atoms with E-state index in [0.717, 1.165) is 5.56 Å². The molecule has 1 amide bonds.